The molecule has 0 spiro atoms. The summed E-state index contributed by atoms with van der Waals surface area (Å²) in [5.41, 5.74) is 0. The van der Waals surface area contributed by atoms with Gasteiger partial charge in [0.1, 0.15) is 0 Å². The van der Waals surface area contributed by atoms with E-state index in [9.17, 15) is 14.4 Å². The van der Waals surface area contributed by atoms with Gasteiger partial charge in [-0.2, -0.15) is 0 Å². The van der Waals surface area contributed by atoms with Crippen molar-refractivity contribution in [2.24, 2.45) is 5.92 Å². The molecular formula is C15H24N2O4. The minimum atomic E-state index is -0.369. The van der Waals surface area contributed by atoms with Gasteiger partial charge in [-0.1, -0.05) is 6.42 Å². The number of esters is 1. The molecule has 2 fully saturated rings. The van der Waals surface area contributed by atoms with Crippen molar-refractivity contribution in [3.63, 3.8) is 0 Å². The van der Waals surface area contributed by atoms with E-state index in [-0.39, 0.29) is 42.6 Å². The van der Waals surface area contributed by atoms with Gasteiger partial charge in [0.2, 0.25) is 11.8 Å². The van der Waals surface area contributed by atoms with E-state index in [2.05, 4.69) is 10.1 Å². The van der Waals surface area contributed by atoms with Crippen LogP contribution in [-0.2, 0) is 19.1 Å². The highest BCUT2D eigenvalue weighted by atomic mass is 16.5. The first-order chi connectivity index (χ1) is 10.1. The maximum Gasteiger partial charge on any atom is 0.306 e. The number of carbonyl (C=O) groups is 3. The molecule has 0 aromatic carbocycles. The monoisotopic (exact) mass is 296 g/mol. The Morgan fingerprint density at radius 3 is 2.29 bits per heavy atom. The van der Waals surface area contributed by atoms with Gasteiger partial charge < -0.3 is 15.0 Å². The average molecular weight is 296 g/mol. The van der Waals surface area contributed by atoms with Gasteiger partial charge in [0.05, 0.1) is 13.5 Å². The molecule has 1 saturated heterocycles. The SMILES string of the molecule is COC(=O)CCC(=O)NC1CCN(C(=O)C2CCC2)CC1. The van der Waals surface area contributed by atoms with Crippen molar-refractivity contribution >= 4 is 17.8 Å². The van der Waals surface area contributed by atoms with Crippen molar-refractivity contribution in [3.05, 3.63) is 0 Å². The van der Waals surface area contributed by atoms with Crippen molar-refractivity contribution in [3.8, 4) is 0 Å². The Bertz CT molecular complexity index is 398. The van der Waals surface area contributed by atoms with Crippen molar-refractivity contribution in [1.82, 2.24) is 10.2 Å². The molecule has 1 saturated carbocycles. The minimum Gasteiger partial charge on any atom is -0.469 e. The third-order valence-electron chi connectivity index (χ3n) is 4.41. The highest BCUT2D eigenvalue weighted by Crippen LogP contribution is 2.29. The topological polar surface area (TPSA) is 75.7 Å². The first kappa shape index (κ1) is 15.8. The molecule has 6 nitrogen and oxygen atoms in total. The molecule has 2 rings (SSSR count). The molecule has 0 radical (unpaired) electrons. The molecule has 1 aliphatic carbocycles. The van der Waals surface area contributed by atoms with Crippen LogP contribution >= 0.6 is 0 Å². The molecule has 0 aromatic rings. The fourth-order valence-electron chi connectivity index (χ4n) is 2.78. The van der Waals surface area contributed by atoms with Crippen LogP contribution in [0.25, 0.3) is 0 Å². The number of nitrogens with one attached hydrogen (secondary N) is 1. The second-order valence-electron chi connectivity index (χ2n) is 5.87. The molecule has 118 valence electrons. The third-order valence-corrected chi connectivity index (χ3v) is 4.41. The van der Waals surface area contributed by atoms with Gasteiger partial charge in [-0.3, -0.25) is 14.4 Å². The van der Waals surface area contributed by atoms with Crippen LogP contribution in [0.4, 0.5) is 0 Å². The van der Waals surface area contributed by atoms with Crippen molar-refractivity contribution < 1.29 is 19.1 Å². The summed E-state index contributed by atoms with van der Waals surface area (Å²) in [5, 5.41) is 2.93. The normalized spacial score (nSPS) is 19.8. The maximum atomic E-state index is 12.1. The average Bonchev–Trinajstić information content (AvgIpc) is 2.43. The molecule has 0 atom stereocenters. The summed E-state index contributed by atoms with van der Waals surface area (Å²) >= 11 is 0. The van der Waals surface area contributed by atoms with Gasteiger partial charge in [-0.15, -0.1) is 0 Å². The Morgan fingerprint density at radius 2 is 1.76 bits per heavy atom. The zero-order valence-corrected chi connectivity index (χ0v) is 12.6. The minimum absolute atomic E-state index is 0.112. The summed E-state index contributed by atoms with van der Waals surface area (Å²) in [6.07, 6.45) is 5.09. The molecule has 1 heterocycles. The largest absolute Gasteiger partial charge is 0.469 e. The van der Waals surface area contributed by atoms with Crippen LogP contribution in [0.15, 0.2) is 0 Å². The van der Waals surface area contributed by atoms with Crippen LogP contribution in [0.1, 0.15) is 44.9 Å². The van der Waals surface area contributed by atoms with Gasteiger partial charge in [-0.25, -0.2) is 0 Å². The zero-order valence-electron chi connectivity index (χ0n) is 12.6. The van der Waals surface area contributed by atoms with Crippen LogP contribution in [0.3, 0.4) is 0 Å². The van der Waals surface area contributed by atoms with E-state index in [1.165, 1.54) is 13.5 Å². The first-order valence-electron chi connectivity index (χ1n) is 7.75. The number of rotatable bonds is 5. The van der Waals surface area contributed by atoms with Gasteiger partial charge in [0.15, 0.2) is 0 Å². The van der Waals surface area contributed by atoms with E-state index < -0.39 is 0 Å². The molecule has 6 heteroatoms. The fraction of sp³-hybridized carbons (Fsp3) is 0.800. The number of piperidine rings is 1. The summed E-state index contributed by atoms with van der Waals surface area (Å²) in [5.74, 6) is 0.0446. The Balaban J connectivity index is 1.65. The van der Waals surface area contributed by atoms with E-state index in [1.807, 2.05) is 4.90 Å². The summed E-state index contributed by atoms with van der Waals surface area (Å²) in [6.45, 7) is 1.44. The molecule has 0 bridgehead atoms. The van der Waals surface area contributed by atoms with Crippen molar-refractivity contribution in [2.45, 2.75) is 51.0 Å². The van der Waals surface area contributed by atoms with E-state index in [4.69, 9.17) is 0 Å². The number of likely N-dealkylation sites (tertiary alicyclic amines) is 1. The number of hydrogen-bond donors (Lipinski definition) is 1. The molecule has 1 N–H and O–H groups in total. The van der Waals surface area contributed by atoms with Crippen LogP contribution in [0, 0.1) is 5.92 Å². The third kappa shape index (κ3) is 4.44. The molecular weight excluding hydrogens is 272 g/mol. The molecule has 21 heavy (non-hydrogen) atoms. The summed E-state index contributed by atoms with van der Waals surface area (Å²) < 4.78 is 4.51. The second kappa shape index (κ2) is 7.43. The smallest absolute Gasteiger partial charge is 0.306 e. The second-order valence-corrected chi connectivity index (χ2v) is 5.87. The van der Waals surface area contributed by atoms with Crippen molar-refractivity contribution in [1.29, 1.82) is 0 Å². The van der Waals surface area contributed by atoms with Crippen molar-refractivity contribution in [2.75, 3.05) is 20.2 Å². The van der Waals surface area contributed by atoms with Crippen LogP contribution in [0.2, 0.25) is 0 Å². The molecule has 2 amide bonds. The van der Waals surface area contributed by atoms with E-state index >= 15 is 0 Å². The van der Waals surface area contributed by atoms with Gasteiger partial charge in [0.25, 0.3) is 0 Å². The lowest BCUT2D eigenvalue weighted by Crippen LogP contribution is -2.48. The fourth-order valence-corrected chi connectivity index (χ4v) is 2.78. The highest BCUT2D eigenvalue weighted by Gasteiger charge is 2.31. The van der Waals surface area contributed by atoms with E-state index in [0.29, 0.717) is 0 Å². The quantitative estimate of drug-likeness (QED) is 0.763. The Kier molecular flexibility index (Phi) is 5.59. The molecule has 2 aliphatic rings. The van der Waals surface area contributed by atoms with Gasteiger partial charge in [0, 0.05) is 31.5 Å². The maximum absolute atomic E-state index is 12.1. The summed E-state index contributed by atoms with van der Waals surface area (Å²) in [7, 11) is 1.31. The lowest BCUT2D eigenvalue weighted by atomic mass is 9.84. The summed E-state index contributed by atoms with van der Waals surface area (Å²) in [4.78, 5) is 36.7. The number of hydrogen-bond acceptors (Lipinski definition) is 4. The Hall–Kier alpha value is -1.59. The van der Waals surface area contributed by atoms with Gasteiger partial charge >= 0.3 is 5.97 Å². The number of carbonyl (C=O) groups excluding carboxylic acids is 3. The molecule has 0 aromatic heterocycles. The van der Waals surface area contributed by atoms with E-state index in [0.717, 1.165) is 38.8 Å². The standard InChI is InChI=1S/C15H24N2O4/c1-21-14(19)6-5-13(18)16-12-7-9-17(10-8-12)15(20)11-3-2-4-11/h11-12H,2-10H2,1H3,(H,16,18). The van der Waals surface area contributed by atoms with Gasteiger partial charge in [-0.05, 0) is 25.7 Å². The molecule has 0 unspecified atom stereocenters. The number of amides is 2. The lowest BCUT2D eigenvalue weighted by molar-refractivity contribution is -0.142. The van der Waals surface area contributed by atoms with Crippen LogP contribution in [-0.4, -0.2) is 48.9 Å². The summed E-state index contributed by atoms with van der Waals surface area (Å²) in [6, 6.07) is 0.112. The van der Waals surface area contributed by atoms with Crippen LogP contribution in [0.5, 0.6) is 0 Å². The predicted molar refractivity (Wildman–Crippen MR) is 76.3 cm³/mol. The number of ether oxygens (including phenoxy) is 1. The van der Waals surface area contributed by atoms with Crippen LogP contribution < -0.4 is 5.32 Å². The predicted octanol–water partition coefficient (Wildman–Crippen LogP) is 0.847. The van der Waals surface area contributed by atoms with E-state index in [1.54, 1.807) is 0 Å². The number of nitrogens with zero attached hydrogens (tertiary/aromatic N) is 1. The highest BCUT2D eigenvalue weighted by molar-refractivity contribution is 5.81. The number of methoxy groups -OCH3 is 1. The Morgan fingerprint density at radius 1 is 1.10 bits per heavy atom. The first-order valence-corrected chi connectivity index (χ1v) is 7.75. The molecule has 1 aliphatic heterocycles. The lowest BCUT2D eigenvalue weighted by Gasteiger charge is -2.36. The zero-order chi connectivity index (χ0) is 15.2. The Labute approximate surface area is 125 Å².